The van der Waals surface area contributed by atoms with Crippen LogP contribution in [0.3, 0.4) is 0 Å². The van der Waals surface area contributed by atoms with Crippen LogP contribution < -0.4 is 11.5 Å². The number of rotatable bonds is 3. The first-order chi connectivity index (χ1) is 10.1. The summed E-state index contributed by atoms with van der Waals surface area (Å²) in [7, 11) is 0. The van der Waals surface area contributed by atoms with E-state index in [0.717, 1.165) is 57.8 Å². The SMILES string of the molecule is Cl.NCC1CCC(C(=O)N2CCCCCCC2C(N)=O)CC1. The lowest BCUT2D eigenvalue weighted by atomic mass is 9.81. The molecule has 22 heavy (non-hydrogen) atoms. The number of nitrogens with two attached hydrogens (primary N) is 2. The average Bonchev–Trinajstić information content (AvgIpc) is 2.46. The molecule has 1 heterocycles. The predicted octanol–water partition coefficient (Wildman–Crippen LogP) is 1.82. The van der Waals surface area contributed by atoms with E-state index in [-0.39, 0.29) is 30.1 Å². The Morgan fingerprint density at radius 1 is 0.955 bits per heavy atom. The molecule has 2 rings (SSSR count). The Labute approximate surface area is 139 Å². The molecule has 2 aliphatic rings. The Hall–Kier alpha value is -0.810. The maximum absolute atomic E-state index is 12.8. The highest BCUT2D eigenvalue weighted by Crippen LogP contribution is 2.31. The number of carbonyl (C=O) groups excluding carboxylic acids is 2. The molecule has 4 N–H and O–H groups in total. The van der Waals surface area contributed by atoms with Gasteiger partial charge in [-0.05, 0) is 51.0 Å². The number of hydrogen-bond acceptors (Lipinski definition) is 3. The summed E-state index contributed by atoms with van der Waals surface area (Å²) in [6, 6.07) is -0.398. The lowest BCUT2D eigenvalue weighted by Crippen LogP contribution is -2.51. The molecule has 1 aliphatic carbocycles. The number of hydrogen-bond donors (Lipinski definition) is 2. The van der Waals surface area contributed by atoms with Crippen LogP contribution in [0.2, 0.25) is 0 Å². The molecule has 0 bridgehead atoms. The summed E-state index contributed by atoms with van der Waals surface area (Å²) in [6.45, 7) is 1.40. The zero-order valence-electron chi connectivity index (χ0n) is 13.3. The Morgan fingerprint density at radius 3 is 2.18 bits per heavy atom. The van der Waals surface area contributed by atoms with Crippen molar-refractivity contribution in [2.24, 2.45) is 23.3 Å². The molecule has 5 nitrogen and oxygen atoms in total. The molecule has 0 aromatic carbocycles. The average molecular weight is 332 g/mol. The molecular weight excluding hydrogens is 302 g/mol. The molecule has 0 aromatic rings. The van der Waals surface area contributed by atoms with Crippen molar-refractivity contribution < 1.29 is 9.59 Å². The second-order valence-corrected chi connectivity index (χ2v) is 6.61. The molecule has 0 spiro atoms. The maximum atomic E-state index is 12.8. The normalized spacial score (nSPS) is 29.9. The third kappa shape index (κ3) is 4.85. The van der Waals surface area contributed by atoms with Gasteiger partial charge in [-0.3, -0.25) is 9.59 Å². The summed E-state index contributed by atoms with van der Waals surface area (Å²) in [4.78, 5) is 26.3. The lowest BCUT2D eigenvalue weighted by molar-refractivity contribution is -0.144. The summed E-state index contributed by atoms with van der Waals surface area (Å²) in [6.07, 6.45) is 8.82. The van der Waals surface area contributed by atoms with E-state index in [1.807, 2.05) is 0 Å². The molecule has 1 aliphatic heterocycles. The molecule has 128 valence electrons. The van der Waals surface area contributed by atoms with Crippen LogP contribution in [0, 0.1) is 11.8 Å². The van der Waals surface area contributed by atoms with E-state index in [4.69, 9.17) is 11.5 Å². The van der Waals surface area contributed by atoms with Crippen molar-refractivity contribution in [2.45, 2.75) is 63.8 Å². The van der Waals surface area contributed by atoms with E-state index >= 15 is 0 Å². The van der Waals surface area contributed by atoms with Gasteiger partial charge in [-0.15, -0.1) is 12.4 Å². The van der Waals surface area contributed by atoms with Gasteiger partial charge in [-0.25, -0.2) is 0 Å². The predicted molar refractivity (Wildman–Crippen MR) is 89.5 cm³/mol. The van der Waals surface area contributed by atoms with Crippen LogP contribution in [0.4, 0.5) is 0 Å². The molecule has 1 atom stereocenters. The summed E-state index contributed by atoms with van der Waals surface area (Å²) in [5.74, 6) is 0.430. The van der Waals surface area contributed by atoms with E-state index in [2.05, 4.69) is 0 Å². The maximum Gasteiger partial charge on any atom is 0.240 e. The van der Waals surface area contributed by atoms with Crippen molar-refractivity contribution in [1.82, 2.24) is 4.90 Å². The van der Waals surface area contributed by atoms with E-state index < -0.39 is 6.04 Å². The minimum absolute atomic E-state index is 0. The van der Waals surface area contributed by atoms with Gasteiger partial charge in [0.15, 0.2) is 0 Å². The molecule has 0 radical (unpaired) electrons. The first-order valence-electron chi connectivity index (χ1n) is 8.43. The molecular formula is C16H30ClN3O2. The fourth-order valence-corrected chi connectivity index (χ4v) is 3.72. The lowest BCUT2D eigenvalue weighted by Gasteiger charge is -2.36. The van der Waals surface area contributed by atoms with E-state index in [1.165, 1.54) is 0 Å². The van der Waals surface area contributed by atoms with Gasteiger partial charge in [-0.1, -0.05) is 19.3 Å². The van der Waals surface area contributed by atoms with E-state index in [9.17, 15) is 9.59 Å². The van der Waals surface area contributed by atoms with Gasteiger partial charge < -0.3 is 16.4 Å². The summed E-state index contributed by atoms with van der Waals surface area (Å²) < 4.78 is 0. The van der Waals surface area contributed by atoms with Crippen LogP contribution in [0.25, 0.3) is 0 Å². The van der Waals surface area contributed by atoms with E-state index in [0.29, 0.717) is 19.0 Å². The van der Waals surface area contributed by atoms with Gasteiger partial charge in [0.05, 0.1) is 0 Å². The highest BCUT2D eigenvalue weighted by atomic mass is 35.5. The van der Waals surface area contributed by atoms with Crippen LogP contribution in [-0.2, 0) is 9.59 Å². The molecule has 6 heteroatoms. The van der Waals surface area contributed by atoms with Crippen LogP contribution in [-0.4, -0.2) is 35.8 Å². The first-order valence-corrected chi connectivity index (χ1v) is 8.43. The fourth-order valence-electron chi connectivity index (χ4n) is 3.72. The number of amides is 2. The fraction of sp³-hybridized carbons (Fsp3) is 0.875. The smallest absolute Gasteiger partial charge is 0.240 e. The number of carbonyl (C=O) groups is 2. The zero-order valence-corrected chi connectivity index (χ0v) is 14.2. The Morgan fingerprint density at radius 2 is 1.59 bits per heavy atom. The second kappa shape index (κ2) is 9.36. The molecule has 0 aromatic heterocycles. The Kier molecular flexibility index (Phi) is 8.18. The third-order valence-electron chi connectivity index (χ3n) is 5.14. The Bertz CT molecular complexity index is 370. The monoisotopic (exact) mass is 331 g/mol. The van der Waals surface area contributed by atoms with Crippen molar-refractivity contribution in [2.75, 3.05) is 13.1 Å². The first kappa shape index (κ1) is 19.2. The number of primary amides is 1. The van der Waals surface area contributed by atoms with E-state index in [1.54, 1.807) is 4.90 Å². The van der Waals surface area contributed by atoms with Crippen LogP contribution in [0.5, 0.6) is 0 Å². The van der Waals surface area contributed by atoms with Crippen molar-refractivity contribution in [3.8, 4) is 0 Å². The van der Waals surface area contributed by atoms with Gasteiger partial charge in [0.2, 0.25) is 11.8 Å². The highest BCUT2D eigenvalue weighted by Gasteiger charge is 2.34. The van der Waals surface area contributed by atoms with Crippen molar-refractivity contribution >= 4 is 24.2 Å². The summed E-state index contributed by atoms with van der Waals surface area (Å²) in [5, 5.41) is 0. The minimum Gasteiger partial charge on any atom is -0.368 e. The molecule has 1 saturated heterocycles. The number of nitrogens with zero attached hydrogens (tertiary/aromatic N) is 1. The topological polar surface area (TPSA) is 89.4 Å². The van der Waals surface area contributed by atoms with Crippen LogP contribution >= 0.6 is 12.4 Å². The molecule has 1 unspecified atom stereocenters. The van der Waals surface area contributed by atoms with Gasteiger partial charge in [0.25, 0.3) is 0 Å². The number of halogens is 1. The third-order valence-corrected chi connectivity index (χ3v) is 5.14. The summed E-state index contributed by atoms with van der Waals surface area (Å²) >= 11 is 0. The Balaban J connectivity index is 0.00000242. The molecule has 1 saturated carbocycles. The van der Waals surface area contributed by atoms with Crippen LogP contribution in [0.1, 0.15) is 57.8 Å². The number of likely N-dealkylation sites (tertiary alicyclic amines) is 1. The van der Waals surface area contributed by atoms with Gasteiger partial charge in [-0.2, -0.15) is 0 Å². The van der Waals surface area contributed by atoms with Crippen molar-refractivity contribution in [1.29, 1.82) is 0 Å². The standard InChI is InChI=1S/C16H29N3O2.ClH/c17-11-12-6-8-13(9-7-12)16(21)19-10-4-2-1-3-5-14(19)15(18)20;/h12-14H,1-11,17H2,(H2,18,20);1H. The van der Waals surface area contributed by atoms with Crippen LogP contribution in [0.15, 0.2) is 0 Å². The van der Waals surface area contributed by atoms with Gasteiger partial charge in [0.1, 0.15) is 6.04 Å². The van der Waals surface area contributed by atoms with Gasteiger partial charge >= 0.3 is 0 Å². The molecule has 2 amide bonds. The van der Waals surface area contributed by atoms with Gasteiger partial charge in [0, 0.05) is 12.5 Å². The largest absolute Gasteiger partial charge is 0.368 e. The second-order valence-electron chi connectivity index (χ2n) is 6.61. The minimum atomic E-state index is -0.398. The highest BCUT2D eigenvalue weighted by molar-refractivity contribution is 5.87. The zero-order chi connectivity index (χ0) is 15.2. The van der Waals surface area contributed by atoms with Crippen molar-refractivity contribution in [3.63, 3.8) is 0 Å². The quantitative estimate of drug-likeness (QED) is 0.826. The molecule has 2 fully saturated rings. The summed E-state index contributed by atoms with van der Waals surface area (Å²) in [5.41, 5.74) is 11.3. The van der Waals surface area contributed by atoms with Crippen molar-refractivity contribution in [3.05, 3.63) is 0 Å².